The third-order valence-electron chi connectivity index (χ3n) is 3.25. The average Bonchev–Trinajstić information content (AvgIpc) is 3.11. The summed E-state index contributed by atoms with van der Waals surface area (Å²) in [6.45, 7) is 1.18. The highest BCUT2D eigenvalue weighted by atomic mass is 35.5. The molecular formula is C13H18ClFN2O. The maximum atomic E-state index is 12.8. The number of benzene rings is 1. The maximum absolute atomic E-state index is 12.8. The van der Waals surface area contributed by atoms with E-state index in [2.05, 4.69) is 5.32 Å². The molecule has 1 aliphatic carbocycles. The molecule has 5 heteroatoms. The van der Waals surface area contributed by atoms with Gasteiger partial charge >= 0.3 is 0 Å². The average molecular weight is 273 g/mol. The molecule has 0 heterocycles. The Hall–Kier alpha value is -1.13. The molecule has 2 rings (SSSR count). The van der Waals surface area contributed by atoms with E-state index in [9.17, 15) is 9.18 Å². The van der Waals surface area contributed by atoms with Gasteiger partial charge in [-0.3, -0.25) is 4.79 Å². The highest BCUT2D eigenvalue weighted by Gasteiger charge is 2.50. The molecule has 0 saturated heterocycles. The zero-order valence-corrected chi connectivity index (χ0v) is 10.9. The van der Waals surface area contributed by atoms with E-state index in [1.165, 1.54) is 12.1 Å². The van der Waals surface area contributed by atoms with Crippen molar-refractivity contribution in [3.05, 3.63) is 35.6 Å². The van der Waals surface area contributed by atoms with E-state index < -0.39 is 5.41 Å². The van der Waals surface area contributed by atoms with Gasteiger partial charge in [0.2, 0.25) is 5.91 Å². The van der Waals surface area contributed by atoms with Crippen molar-refractivity contribution in [2.45, 2.75) is 24.7 Å². The molecule has 0 radical (unpaired) electrons. The van der Waals surface area contributed by atoms with Gasteiger partial charge in [0.05, 0.1) is 5.41 Å². The summed E-state index contributed by atoms with van der Waals surface area (Å²) in [5.41, 5.74) is 5.87. The Labute approximate surface area is 112 Å². The number of hydrogen-bond acceptors (Lipinski definition) is 2. The van der Waals surface area contributed by atoms with Crippen molar-refractivity contribution in [3.63, 3.8) is 0 Å². The molecule has 1 amide bonds. The van der Waals surface area contributed by atoms with E-state index >= 15 is 0 Å². The van der Waals surface area contributed by atoms with Crippen LogP contribution in [-0.2, 0) is 10.2 Å². The fraction of sp³-hybridized carbons (Fsp3) is 0.462. The lowest BCUT2D eigenvalue weighted by Crippen LogP contribution is -2.35. The Bertz CT molecular complexity index is 404. The summed E-state index contributed by atoms with van der Waals surface area (Å²) in [7, 11) is 0. The highest BCUT2D eigenvalue weighted by Crippen LogP contribution is 2.48. The number of nitrogens with two attached hydrogens (primary N) is 1. The first kappa shape index (κ1) is 14.9. The van der Waals surface area contributed by atoms with Crippen LogP contribution in [0.3, 0.4) is 0 Å². The standard InChI is InChI=1S/C13H17FN2O.ClH/c14-11-4-2-10(3-5-11)13(6-7-13)12(17)16-9-1-8-15;/h2-5H,1,6-9,15H2,(H,16,17);1H. The van der Waals surface area contributed by atoms with Crippen molar-refractivity contribution < 1.29 is 9.18 Å². The molecule has 3 nitrogen and oxygen atoms in total. The molecule has 0 atom stereocenters. The van der Waals surface area contributed by atoms with Crippen LogP contribution in [0.2, 0.25) is 0 Å². The SMILES string of the molecule is Cl.NCCCNC(=O)C1(c2ccc(F)cc2)CC1. The van der Waals surface area contributed by atoms with Crippen molar-refractivity contribution >= 4 is 18.3 Å². The summed E-state index contributed by atoms with van der Waals surface area (Å²) >= 11 is 0. The van der Waals surface area contributed by atoms with E-state index in [-0.39, 0.29) is 24.1 Å². The predicted octanol–water partition coefficient (Wildman–Crippen LogP) is 1.74. The maximum Gasteiger partial charge on any atom is 0.230 e. The smallest absolute Gasteiger partial charge is 0.230 e. The minimum Gasteiger partial charge on any atom is -0.355 e. The third kappa shape index (κ3) is 3.00. The minimum absolute atomic E-state index is 0. The summed E-state index contributed by atoms with van der Waals surface area (Å²) < 4.78 is 12.8. The molecule has 0 spiro atoms. The van der Waals surface area contributed by atoms with Crippen molar-refractivity contribution in [1.82, 2.24) is 5.32 Å². The Morgan fingerprint density at radius 3 is 2.44 bits per heavy atom. The molecule has 18 heavy (non-hydrogen) atoms. The minimum atomic E-state index is -0.414. The van der Waals surface area contributed by atoms with Crippen LogP contribution in [0, 0.1) is 5.82 Å². The van der Waals surface area contributed by atoms with Gasteiger partial charge in [-0.2, -0.15) is 0 Å². The van der Waals surface area contributed by atoms with E-state index in [1.54, 1.807) is 12.1 Å². The first-order valence-corrected chi connectivity index (χ1v) is 5.93. The zero-order valence-electron chi connectivity index (χ0n) is 10.1. The van der Waals surface area contributed by atoms with Gasteiger partial charge in [-0.1, -0.05) is 12.1 Å². The Kier molecular flexibility index (Phi) is 5.11. The number of rotatable bonds is 5. The molecule has 1 aromatic carbocycles. The zero-order chi connectivity index (χ0) is 12.3. The van der Waals surface area contributed by atoms with Crippen molar-refractivity contribution in [3.8, 4) is 0 Å². The second kappa shape index (κ2) is 6.16. The summed E-state index contributed by atoms with van der Waals surface area (Å²) in [5.74, 6) is -0.231. The van der Waals surface area contributed by atoms with Crippen LogP contribution in [0.5, 0.6) is 0 Å². The highest BCUT2D eigenvalue weighted by molar-refractivity contribution is 5.91. The lowest BCUT2D eigenvalue weighted by molar-refractivity contribution is -0.123. The fourth-order valence-electron chi connectivity index (χ4n) is 2.01. The number of nitrogens with one attached hydrogen (secondary N) is 1. The van der Waals surface area contributed by atoms with Gasteiger partial charge in [-0.25, -0.2) is 4.39 Å². The lowest BCUT2D eigenvalue weighted by atomic mass is 9.95. The third-order valence-corrected chi connectivity index (χ3v) is 3.25. The predicted molar refractivity (Wildman–Crippen MR) is 71.2 cm³/mol. The lowest BCUT2D eigenvalue weighted by Gasteiger charge is -2.15. The van der Waals surface area contributed by atoms with Crippen LogP contribution < -0.4 is 11.1 Å². The van der Waals surface area contributed by atoms with Gasteiger partial charge in [0, 0.05) is 6.54 Å². The summed E-state index contributed by atoms with van der Waals surface area (Å²) in [5, 5.41) is 2.89. The van der Waals surface area contributed by atoms with Gasteiger partial charge in [0.1, 0.15) is 5.82 Å². The van der Waals surface area contributed by atoms with E-state index in [0.717, 1.165) is 24.8 Å². The van der Waals surface area contributed by atoms with Gasteiger partial charge in [-0.05, 0) is 43.5 Å². The normalized spacial score (nSPS) is 15.7. The monoisotopic (exact) mass is 272 g/mol. The van der Waals surface area contributed by atoms with E-state index in [1.807, 2.05) is 0 Å². The van der Waals surface area contributed by atoms with Crippen LogP contribution >= 0.6 is 12.4 Å². The topological polar surface area (TPSA) is 55.1 Å². The molecule has 1 aromatic rings. The van der Waals surface area contributed by atoms with Gasteiger partial charge in [0.25, 0.3) is 0 Å². The number of amides is 1. The first-order chi connectivity index (χ1) is 8.19. The molecule has 0 bridgehead atoms. The molecule has 1 saturated carbocycles. The largest absolute Gasteiger partial charge is 0.355 e. The molecule has 0 aromatic heterocycles. The van der Waals surface area contributed by atoms with Crippen LogP contribution in [0.4, 0.5) is 4.39 Å². The molecule has 3 N–H and O–H groups in total. The van der Waals surface area contributed by atoms with Gasteiger partial charge in [0.15, 0.2) is 0 Å². The van der Waals surface area contributed by atoms with Crippen LogP contribution in [0.15, 0.2) is 24.3 Å². The van der Waals surface area contributed by atoms with Gasteiger partial charge in [-0.15, -0.1) is 12.4 Å². The molecule has 0 unspecified atom stereocenters. The Balaban J connectivity index is 0.00000162. The Morgan fingerprint density at radius 2 is 1.94 bits per heavy atom. The molecular weight excluding hydrogens is 255 g/mol. The van der Waals surface area contributed by atoms with Crippen molar-refractivity contribution in [2.24, 2.45) is 5.73 Å². The van der Waals surface area contributed by atoms with Crippen molar-refractivity contribution in [2.75, 3.05) is 13.1 Å². The van der Waals surface area contributed by atoms with Gasteiger partial charge < -0.3 is 11.1 Å². The summed E-state index contributed by atoms with van der Waals surface area (Å²) in [4.78, 5) is 12.0. The van der Waals surface area contributed by atoms with Crippen LogP contribution in [-0.4, -0.2) is 19.0 Å². The number of halogens is 2. The molecule has 0 aliphatic heterocycles. The van der Waals surface area contributed by atoms with E-state index in [0.29, 0.717) is 13.1 Å². The number of hydrogen-bond donors (Lipinski definition) is 2. The Morgan fingerprint density at radius 1 is 1.33 bits per heavy atom. The van der Waals surface area contributed by atoms with Crippen LogP contribution in [0.25, 0.3) is 0 Å². The number of carbonyl (C=O) groups is 1. The molecule has 1 fully saturated rings. The second-order valence-corrected chi connectivity index (χ2v) is 4.49. The first-order valence-electron chi connectivity index (χ1n) is 5.93. The van der Waals surface area contributed by atoms with Crippen LogP contribution in [0.1, 0.15) is 24.8 Å². The van der Waals surface area contributed by atoms with Crippen molar-refractivity contribution in [1.29, 1.82) is 0 Å². The molecule has 100 valence electrons. The second-order valence-electron chi connectivity index (χ2n) is 4.49. The quantitative estimate of drug-likeness (QED) is 0.803. The summed E-state index contributed by atoms with van der Waals surface area (Å²) in [6, 6.07) is 6.21. The fourth-order valence-corrected chi connectivity index (χ4v) is 2.01. The number of carbonyl (C=O) groups excluding carboxylic acids is 1. The molecule has 1 aliphatic rings. The summed E-state index contributed by atoms with van der Waals surface area (Å²) in [6.07, 6.45) is 2.46. The van der Waals surface area contributed by atoms with E-state index in [4.69, 9.17) is 5.73 Å².